The number of halogens is 4. The van der Waals surface area contributed by atoms with Crippen molar-refractivity contribution in [2.45, 2.75) is 12.8 Å². The lowest BCUT2D eigenvalue weighted by molar-refractivity contribution is -0.139. The molecule has 0 N–H and O–H groups in total. The van der Waals surface area contributed by atoms with Crippen molar-refractivity contribution in [2.24, 2.45) is 0 Å². The van der Waals surface area contributed by atoms with Crippen molar-refractivity contribution < 1.29 is 18.3 Å². The summed E-state index contributed by atoms with van der Waals surface area (Å²) in [4.78, 5) is 14.5. The van der Waals surface area contributed by atoms with E-state index in [0.29, 0.717) is 10.0 Å². The van der Waals surface area contributed by atoms with Gasteiger partial charge in [-0.25, -0.2) is 13.8 Å². The second kappa shape index (κ2) is 5.54. The molecule has 0 aliphatic rings. The van der Waals surface area contributed by atoms with Crippen LogP contribution in [0.5, 0.6) is 0 Å². The molecule has 0 fully saturated rings. The monoisotopic (exact) mass is 313 g/mol. The number of rotatable bonds is 3. The summed E-state index contributed by atoms with van der Waals surface area (Å²) in [5, 5.41) is -0.130. The summed E-state index contributed by atoms with van der Waals surface area (Å²) in [7, 11) is 1.23. The van der Waals surface area contributed by atoms with E-state index in [2.05, 4.69) is 25.7 Å². The number of ether oxygens (including phenoxy) is 1. The van der Waals surface area contributed by atoms with Crippen LogP contribution in [0.2, 0.25) is 5.15 Å². The molecule has 0 saturated heterocycles. The number of esters is 1. The van der Waals surface area contributed by atoms with Gasteiger partial charge < -0.3 is 4.74 Å². The minimum absolute atomic E-state index is 0.119. The molecule has 0 spiro atoms. The van der Waals surface area contributed by atoms with Crippen LogP contribution in [0.3, 0.4) is 0 Å². The highest BCUT2D eigenvalue weighted by Crippen LogP contribution is 2.28. The average molecular weight is 315 g/mol. The van der Waals surface area contributed by atoms with Crippen LogP contribution in [-0.2, 0) is 16.0 Å². The number of aromatic nitrogens is 1. The molecule has 0 aromatic carbocycles. The molecule has 88 valence electrons. The fourth-order valence-electron chi connectivity index (χ4n) is 1.01. The molecule has 0 unspecified atom stereocenters. The van der Waals surface area contributed by atoms with E-state index in [1.807, 2.05) is 0 Å². The van der Waals surface area contributed by atoms with Crippen LogP contribution in [0.25, 0.3) is 0 Å². The summed E-state index contributed by atoms with van der Waals surface area (Å²) in [6, 6.07) is 1.13. The zero-order chi connectivity index (χ0) is 12.3. The summed E-state index contributed by atoms with van der Waals surface area (Å²) in [6.07, 6.45) is -2.83. The van der Waals surface area contributed by atoms with E-state index in [4.69, 9.17) is 11.6 Å². The van der Waals surface area contributed by atoms with Gasteiger partial charge in [-0.2, -0.15) is 0 Å². The van der Waals surface area contributed by atoms with Crippen molar-refractivity contribution in [3.05, 3.63) is 26.9 Å². The Bertz CT molecular complexity index is 391. The van der Waals surface area contributed by atoms with Gasteiger partial charge in [0, 0.05) is 10.0 Å². The van der Waals surface area contributed by atoms with Crippen LogP contribution in [-0.4, -0.2) is 18.1 Å². The van der Waals surface area contributed by atoms with Crippen LogP contribution < -0.4 is 0 Å². The molecular formula is C9H7BrClF2NO2. The van der Waals surface area contributed by atoms with E-state index < -0.39 is 18.1 Å². The minimum Gasteiger partial charge on any atom is -0.469 e. The van der Waals surface area contributed by atoms with E-state index in [9.17, 15) is 13.6 Å². The molecule has 1 aromatic heterocycles. The first-order chi connectivity index (χ1) is 7.45. The number of hydrogen-bond donors (Lipinski definition) is 0. The van der Waals surface area contributed by atoms with Crippen LogP contribution in [0.1, 0.15) is 17.7 Å². The number of hydrogen-bond acceptors (Lipinski definition) is 3. The SMILES string of the molecule is COC(=O)Cc1c(Br)cc(C(F)F)nc1Cl. The third-order valence-electron chi connectivity index (χ3n) is 1.81. The fraction of sp³-hybridized carbons (Fsp3) is 0.333. The van der Waals surface area contributed by atoms with Crippen molar-refractivity contribution in [1.29, 1.82) is 0 Å². The largest absolute Gasteiger partial charge is 0.469 e. The molecule has 0 atom stereocenters. The van der Waals surface area contributed by atoms with Gasteiger partial charge in [-0.15, -0.1) is 0 Å². The van der Waals surface area contributed by atoms with Crippen LogP contribution >= 0.6 is 27.5 Å². The van der Waals surface area contributed by atoms with Crippen molar-refractivity contribution in [2.75, 3.05) is 7.11 Å². The van der Waals surface area contributed by atoms with Crippen molar-refractivity contribution in [3.63, 3.8) is 0 Å². The van der Waals surface area contributed by atoms with E-state index in [-0.39, 0.29) is 11.6 Å². The molecular weight excluding hydrogens is 307 g/mol. The lowest BCUT2D eigenvalue weighted by Crippen LogP contribution is -2.07. The Morgan fingerprint density at radius 3 is 2.75 bits per heavy atom. The molecule has 0 amide bonds. The van der Waals surface area contributed by atoms with Gasteiger partial charge in [0.25, 0.3) is 6.43 Å². The van der Waals surface area contributed by atoms with E-state index in [0.717, 1.165) is 6.07 Å². The Morgan fingerprint density at radius 1 is 1.69 bits per heavy atom. The summed E-state index contributed by atoms with van der Waals surface area (Å²) in [6.45, 7) is 0. The lowest BCUT2D eigenvalue weighted by atomic mass is 10.2. The zero-order valence-corrected chi connectivity index (χ0v) is 10.5. The predicted molar refractivity (Wildman–Crippen MR) is 57.6 cm³/mol. The smallest absolute Gasteiger partial charge is 0.310 e. The van der Waals surface area contributed by atoms with Gasteiger partial charge in [-0.1, -0.05) is 27.5 Å². The normalized spacial score (nSPS) is 10.6. The van der Waals surface area contributed by atoms with Gasteiger partial charge in [-0.05, 0) is 6.07 Å². The van der Waals surface area contributed by atoms with Gasteiger partial charge in [0.2, 0.25) is 0 Å². The van der Waals surface area contributed by atoms with Gasteiger partial charge in [0.05, 0.1) is 13.5 Å². The summed E-state index contributed by atoms with van der Waals surface area (Å²) >= 11 is 8.76. The van der Waals surface area contributed by atoms with Gasteiger partial charge in [-0.3, -0.25) is 4.79 Å². The van der Waals surface area contributed by atoms with Gasteiger partial charge in [0.15, 0.2) is 0 Å². The number of pyridine rings is 1. The molecule has 0 aliphatic carbocycles. The highest BCUT2D eigenvalue weighted by molar-refractivity contribution is 9.10. The molecule has 16 heavy (non-hydrogen) atoms. The van der Waals surface area contributed by atoms with Crippen molar-refractivity contribution in [1.82, 2.24) is 4.98 Å². The lowest BCUT2D eigenvalue weighted by Gasteiger charge is -2.07. The first-order valence-electron chi connectivity index (χ1n) is 4.15. The topological polar surface area (TPSA) is 39.2 Å². The Labute approximate surface area is 104 Å². The quantitative estimate of drug-likeness (QED) is 0.635. The number of carbonyl (C=O) groups excluding carboxylic acids is 1. The number of nitrogens with zero attached hydrogens (tertiary/aromatic N) is 1. The zero-order valence-electron chi connectivity index (χ0n) is 8.14. The molecule has 0 radical (unpaired) electrons. The summed E-state index contributed by atoms with van der Waals surface area (Å²) in [5.74, 6) is -0.519. The Balaban J connectivity index is 3.07. The highest BCUT2D eigenvalue weighted by Gasteiger charge is 2.17. The van der Waals surface area contributed by atoms with Gasteiger partial charge >= 0.3 is 5.97 Å². The van der Waals surface area contributed by atoms with E-state index >= 15 is 0 Å². The van der Waals surface area contributed by atoms with E-state index in [1.165, 1.54) is 7.11 Å². The number of methoxy groups -OCH3 is 1. The maximum Gasteiger partial charge on any atom is 0.310 e. The molecule has 7 heteroatoms. The molecule has 1 rings (SSSR count). The van der Waals surface area contributed by atoms with E-state index in [1.54, 1.807) is 0 Å². The Morgan fingerprint density at radius 2 is 2.31 bits per heavy atom. The Kier molecular flexibility index (Phi) is 4.61. The molecule has 0 aliphatic heterocycles. The Hall–Kier alpha value is -0.750. The maximum atomic E-state index is 12.4. The van der Waals surface area contributed by atoms with Crippen LogP contribution in [0.4, 0.5) is 8.78 Å². The maximum absolute atomic E-state index is 12.4. The number of carbonyl (C=O) groups is 1. The summed E-state index contributed by atoms with van der Waals surface area (Å²) in [5.41, 5.74) is -0.108. The highest BCUT2D eigenvalue weighted by atomic mass is 79.9. The first-order valence-corrected chi connectivity index (χ1v) is 5.32. The van der Waals surface area contributed by atoms with Crippen LogP contribution in [0.15, 0.2) is 10.5 Å². The second-order valence-electron chi connectivity index (χ2n) is 2.85. The first kappa shape index (κ1) is 13.3. The molecule has 1 aromatic rings. The molecule has 1 heterocycles. The summed E-state index contributed by atoms with van der Waals surface area (Å²) < 4.78 is 29.5. The standard InChI is InChI=1S/C9H7BrClF2NO2/c1-16-7(15)2-4-5(10)3-6(9(12)13)14-8(4)11/h3,9H,2H2,1H3. The van der Waals surface area contributed by atoms with Crippen molar-refractivity contribution >= 4 is 33.5 Å². The molecule has 0 bridgehead atoms. The van der Waals surface area contributed by atoms with Crippen LogP contribution in [0, 0.1) is 0 Å². The average Bonchev–Trinajstić information content (AvgIpc) is 2.22. The fourth-order valence-corrected chi connectivity index (χ4v) is 1.96. The number of alkyl halides is 2. The van der Waals surface area contributed by atoms with Crippen molar-refractivity contribution in [3.8, 4) is 0 Å². The van der Waals surface area contributed by atoms with Gasteiger partial charge in [0.1, 0.15) is 10.8 Å². The second-order valence-corrected chi connectivity index (χ2v) is 4.06. The minimum atomic E-state index is -2.71. The molecule has 0 saturated carbocycles. The predicted octanol–water partition coefficient (Wildman–Crippen LogP) is 3.15. The third-order valence-corrected chi connectivity index (χ3v) is 2.83. The molecule has 3 nitrogen and oxygen atoms in total. The third kappa shape index (κ3) is 3.12.